The molecule has 0 saturated heterocycles. The number of aliphatic hydroxyl groups excluding tert-OH is 1. The lowest BCUT2D eigenvalue weighted by Crippen LogP contribution is -2.39. The third-order valence-electron chi connectivity index (χ3n) is 5.09. The molecular formula is C25H26N2O3. The lowest BCUT2D eigenvalue weighted by Gasteiger charge is -2.31. The van der Waals surface area contributed by atoms with Gasteiger partial charge in [-0.3, -0.25) is 15.0 Å². The second-order valence-electron chi connectivity index (χ2n) is 7.32. The first-order valence-electron chi connectivity index (χ1n) is 9.95. The third kappa shape index (κ3) is 6.11. The molecule has 5 heteroatoms. The van der Waals surface area contributed by atoms with Gasteiger partial charge >= 0.3 is 0 Å². The average molecular weight is 402 g/mol. The number of nitro benzene ring substituents is 1. The monoisotopic (exact) mass is 402 g/mol. The predicted molar refractivity (Wildman–Crippen MR) is 120 cm³/mol. The molecule has 0 aliphatic carbocycles. The maximum Gasteiger partial charge on any atom is 0.270 e. The van der Waals surface area contributed by atoms with Crippen molar-refractivity contribution in [1.29, 1.82) is 0 Å². The Kier molecular flexibility index (Phi) is 7.49. The highest BCUT2D eigenvalue weighted by Crippen LogP contribution is 2.18. The van der Waals surface area contributed by atoms with Crippen LogP contribution in [-0.2, 0) is 13.1 Å². The van der Waals surface area contributed by atoms with Gasteiger partial charge in [0.1, 0.15) is 0 Å². The molecule has 1 N–H and O–H groups in total. The molecule has 0 radical (unpaired) electrons. The molecule has 0 amide bonds. The molecule has 0 aliphatic rings. The van der Waals surface area contributed by atoms with Gasteiger partial charge in [0.05, 0.1) is 11.0 Å². The fourth-order valence-electron chi connectivity index (χ4n) is 3.31. The smallest absolute Gasteiger partial charge is 0.270 e. The summed E-state index contributed by atoms with van der Waals surface area (Å²) in [5, 5.41) is 21.8. The van der Waals surface area contributed by atoms with Gasteiger partial charge in [0.15, 0.2) is 0 Å². The van der Waals surface area contributed by atoms with Gasteiger partial charge in [-0.05, 0) is 23.6 Å². The molecule has 0 saturated carbocycles. The summed E-state index contributed by atoms with van der Waals surface area (Å²) >= 11 is 0. The number of non-ortho nitro benzene ring substituents is 1. The minimum absolute atomic E-state index is 0.0365. The van der Waals surface area contributed by atoms with Crippen LogP contribution < -0.4 is 0 Å². The normalized spacial score (nSPS) is 13.4. The average Bonchev–Trinajstić information content (AvgIpc) is 2.78. The molecule has 3 aromatic rings. The van der Waals surface area contributed by atoms with Crippen molar-refractivity contribution in [3.63, 3.8) is 0 Å². The number of rotatable bonds is 9. The highest BCUT2D eigenvalue weighted by Gasteiger charge is 2.20. The van der Waals surface area contributed by atoms with Crippen LogP contribution in [-0.4, -0.2) is 27.1 Å². The van der Waals surface area contributed by atoms with E-state index in [2.05, 4.69) is 29.2 Å². The van der Waals surface area contributed by atoms with Crippen molar-refractivity contribution in [2.75, 3.05) is 0 Å². The Hall–Kier alpha value is -3.28. The second kappa shape index (κ2) is 10.5. The van der Waals surface area contributed by atoms with E-state index >= 15 is 0 Å². The van der Waals surface area contributed by atoms with Gasteiger partial charge in [-0.2, -0.15) is 0 Å². The molecule has 0 unspecified atom stereocenters. The van der Waals surface area contributed by atoms with Crippen molar-refractivity contribution in [3.05, 3.63) is 118 Å². The van der Waals surface area contributed by atoms with Gasteiger partial charge in [0, 0.05) is 31.3 Å². The summed E-state index contributed by atoms with van der Waals surface area (Å²) in [6.45, 7) is 3.41. The summed E-state index contributed by atoms with van der Waals surface area (Å²) in [4.78, 5) is 12.8. The Bertz CT molecular complexity index is 932. The van der Waals surface area contributed by atoms with Crippen molar-refractivity contribution in [1.82, 2.24) is 4.90 Å². The van der Waals surface area contributed by atoms with E-state index in [1.807, 2.05) is 43.3 Å². The SMILES string of the molecule is C[C@@H]([C@@H](O)/C=C/c1cccc([N+](=O)[O-])c1)N(Cc1ccccc1)Cc1ccccc1. The van der Waals surface area contributed by atoms with Crippen LogP contribution in [0, 0.1) is 10.1 Å². The molecule has 2 atom stereocenters. The number of aliphatic hydroxyl groups is 1. The van der Waals surface area contributed by atoms with E-state index in [4.69, 9.17) is 0 Å². The topological polar surface area (TPSA) is 66.6 Å². The first-order chi connectivity index (χ1) is 14.5. The van der Waals surface area contributed by atoms with E-state index < -0.39 is 11.0 Å². The third-order valence-corrected chi connectivity index (χ3v) is 5.09. The molecule has 30 heavy (non-hydrogen) atoms. The van der Waals surface area contributed by atoms with Crippen molar-refractivity contribution in [3.8, 4) is 0 Å². The number of hydrogen-bond acceptors (Lipinski definition) is 4. The summed E-state index contributed by atoms with van der Waals surface area (Å²) in [7, 11) is 0. The fraction of sp³-hybridized carbons (Fsp3) is 0.200. The Balaban J connectivity index is 1.76. The van der Waals surface area contributed by atoms with Crippen LogP contribution in [0.5, 0.6) is 0 Å². The summed E-state index contributed by atoms with van der Waals surface area (Å²) in [6, 6.07) is 26.6. The highest BCUT2D eigenvalue weighted by atomic mass is 16.6. The van der Waals surface area contributed by atoms with E-state index in [-0.39, 0.29) is 11.7 Å². The molecule has 3 aromatic carbocycles. The number of nitrogens with zero attached hydrogens (tertiary/aromatic N) is 2. The van der Waals surface area contributed by atoms with E-state index in [0.717, 1.165) is 0 Å². The fourth-order valence-corrected chi connectivity index (χ4v) is 3.31. The van der Waals surface area contributed by atoms with E-state index in [1.165, 1.54) is 23.3 Å². The van der Waals surface area contributed by atoms with Crippen molar-refractivity contribution >= 4 is 11.8 Å². The Labute approximate surface area is 177 Å². The maximum absolute atomic E-state index is 11.0. The Morgan fingerprint density at radius 2 is 1.50 bits per heavy atom. The minimum atomic E-state index is -0.725. The number of nitro groups is 1. The molecule has 3 rings (SSSR count). The van der Waals surface area contributed by atoms with E-state index in [0.29, 0.717) is 18.7 Å². The van der Waals surface area contributed by atoms with Crippen LogP contribution in [0.25, 0.3) is 6.08 Å². The predicted octanol–water partition coefficient (Wildman–Crippen LogP) is 5.06. The summed E-state index contributed by atoms with van der Waals surface area (Å²) in [5.41, 5.74) is 3.08. The van der Waals surface area contributed by atoms with Gasteiger partial charge < -0.3 is 5.11 Å². The van der Waals surface area contributed by atoms with Crippen LogP contribution >= 0.6 is 0 Å². The van der Waals surface area contributed by atoms with Crippen molar-refractivity contribution in [2.45, 2.75) is 32.2 Å². The maximum atomic E-state index is 11.0. The van der Waals surface area contributed by atoms with Gasteiger partial charge in [-0.1, -0.05) is 84.9 Å². The number of benzene rings is 3. The summed E-state index contributed by atoms with van der Waals surface area (Å²) < 4.78 is 0. The highest BCUT2D eigenvalue weighted by molar-refractivity contribution is 5.53. The first-order valence-corrected chi connectivity index (χ1v) is 9.95. The zero-order valence-corrected chi connectivity index (χ0v) is 17.0. The molecule has 0 aliphatic heterocycles. The molecule has 154 valence electrons. The minimum Gasteiger partial charge on any atom is -0.387 e. The van der Waals surface area contributed by atoms with Crippen LogP contribution in [0.1, 0.15) is 23.6 Å². The second-order valence-corrected chi connectivity index (χ2v) is 7.32. The standard InChI is InChI=1S/C25H26N2O3/c1-20(25(28)16-15-21-13-8-14-24(17-21)27(29)30)26(18-22-9-4-2-5-10-22)19-23-11-6-3-7-12-23/h2-17,20,25,28H,18-19H2,1H3/b16-15+/t20-,25-/m0/s1. The Morgan fingerprint density at radius 1 is 0.933 bits per heavy atom. The van der Waals surface area contributed by atoms with Crippen molar-refractivity contribution < 1.29 is 10.0 Å². The van der Waals surface area contributed by atoms with Crippen LogP contribution in [0.15, 0.2) is 91.0 Å². The van der Waals surface area contributed by atoms with Crippen LogP contribution in [0.3, 0.4) is 0 Å². The molecule has 0 spiro atoms. The van der Waals surface area contributed by atoms with E-state index in [1.54, 1.807) is 24.3 Å². The van der Waals surface area contributed by atoms with Gasteiger partial charge in [-0.15, -0.1) is 0 Å². The lowest BCUT2D eigenvalue weighted by atomic mass is 10.1. The van der Waals surface area contributed by atoms with Gasteiger partial charge in [-0.25, -0.2) is 0 Å². The van der Waals surface area contributed by atoms with Crippen LogP contribution in [0.4, 0.5) is 5.69 Å². The molecule has 0 aromatic heterocycles. The van der Waals surface area contributed by atoms with Crippen molar-refractivity contribution in [2.24, 2.45) is 0 Å². The Morgan fingerprint density at radius 3 is 2.03 bits per heavy atom. The zero-order valence-electron chi connectivity index (χ0n) is 17.0. The molecule has 0 fully saturated rings. The zero-order chi connectivity index (χ0) is 21.3. The molecule has 0 heterocycles. The summed E-state index contributed by atoms with van der Waals surface area (Å²) in [6.07, 6.45) is 2.71. The summed E-state index contributed by atoms with van der Waals surface area (Å²) in [5.74, 6) is 0. The van der Waals surface area contributed by atoms with E-state index in [9.17, 15) is 15.2 Å². The van der Waals surface area contributed by atoms with Gasteiger partial charge in [0.25, 0.3) is 5.69 Å². The van der Waals surface area contributed by atoms with Crippen LogP contribution in [0.2, 0.25) is 0 Å². The molecular weight excluding hydrogens is 376 g/mol. The first kappa shape index (κ1) is 21.4. The molecule has 0 bridgehead atoms. The molecule has 5 nitrogen and oxygen atoms in total. The number of hydrogen-bond donors (Lipinski definition) is 1. The van der Waals surface area contributed by atoms with Gasteiger partial charge in [0.2, 0.25) is 0 Å². The largest absolute Gasteiger partial charge is 0.387 e. The lowest BCUT2D eigenvalue weighted by molar-refractivity contribution is -0.384. The quantitative estimate of drug-likeness (QED) is 0.401.